The standard InChI is InChI=1S/C11H8F3N3O3/c1-6-16-17-10(19-6)15-9(18)7-3-2-4-8(5-7)20-11(12,13)14/h2-5H,1H3,(H,15,17,18). The molecule has 0 radical (unpaired) electrons. The second kappa shape index (κ2) is 5.19. The topological polar surface area (TPSA) is 77.2 Å². The summed E-state index contributed by atoms with van der Waals surface area (Å²) in [4.78, 5) is 11.8. The number of benzene rings is 1. The minimum absolute atomic E-state index is 0.0393. The van der Waals surface area contributed by atoms with Crippen molar-refractivity contribution in [2.24, 2.45) is 0 Å². The number of aryl methyl sites for hydroxylation is 1. The molecule has 9 heteroatoms. The van der Waals surface area contributed by atoms with Crippen LogP contribution in [0.4, 0.5) is 19.2 Å². The molecule has 1 heterocycles. The van der Waals surface area contributed by atoms with Gasteiger partial charge in [-0.3, -0.25) is 10.1 Å². The van der Waals surface area contributed by atoms with Crippen LogP contribution in [0.1, 0.15) is 16.2 Å². The first-order chi connectivity index (χ1) is 9.33. The van der Waals surface area contributed by atoms with Gasteiger partial charge in [-0.1, -0.05) is 11.2 Å². The Morgan fingerprint density at radius 1 is 1.35 bits per heavy atom. The van der Waals surface area contributed by atoms with Gasteiger partial charge in [0.15, 0.2) is 0 Å². The number of hydrogen-bond acceptors (Lipinski definition) is 5. The Balaban J connectivity index is 2.12. The summed E-state index contributed by atoms with van der Waals surface area (Å²) in [6.45, 7) is 1.53. The molecule has 0 fully saturated rings. The molecule has 20 heavy (non-hydrogen) atoms. The van der Waals surface area contributed by atoms with Gasteiger partial charge in [-0.15, -0.1) is 18.3 Å². The lowest BCUT2D eigenvalue weighted by molar-refractivity contribution is -0.274. The highest BCUT2D eigenvalue weighted by molar-refractivity contribution is 6.03. The minimum atomic E-state index is -4.82. The van der Waals surface area contributed by atoms with Gasteiger partial charge in [-0.2, -0.15) is 0 Å². The fourth-order valence-electron chi connectivity index (χ4n) is 1.35. The normalized spacial score (nSPS) is 11.2. The van der Waals surface area contributed by atoms with Gasteiger partial charge >= 0.3 is 12.4 Å². The highest BCUT2D eigenvalue weighted by Gasteiger charge is 2.31. The molecule has 1 N–H and O–H groups in total. The molecule has 1 aromatic carbocycles. The fraction of sp³-hybridized carbons (Fsp3) is 0.182. The molecular formula is C11H8F3N3O3. The van der Waals surface area contributed by atoms with E-state index in [4.69, 9.17) is 4.42 Å². The molecule has 0 atom stereocenters. The maximum Gasteiger partial charge on any atom is 0.573 e. The summed E-state index contributed by atoms with van der Waals surface area (Å²) in [5.41, 5.74) is -0.0393. The number of hydrogen-bond donors (Lipinski definition) is 1. The summed E-state index contributed by atoms with van der Waals surface area (Å²) >= 11 is 0. The molecule has 0 saturated heterocycles. The van der Waals surface area contributed by atoms with Crippen molar-refractivity contribution in [1.82, 2.24) is 10.2 Å². The van der Waals surface area contributed by atoms with Crippen LogP contribution in [0, 0.1) is 6.92 Å². The lowest BCUT2D eigenvalue weighted by atomic mass is 10.2. The van der Waals surface area contributed by atoms with E-state index in [1.165, 1.54) is 19.1 Å². The number of nitrogens with zero attached hydrogens (tertiary/aromatic N) is 2. The lowest BCUT2D eigenvalue weighted by Crippen LogP contribution is -2.18. The largest absolute Gasteiger partial charge is 0.573 e. The maximum absolute atomic E-state index is 12.1. The molecule has 2 aromatic rings. The van der Waals surface area contributed by atoms with Crippen LogP contribution >= 0.6 is 0 Å². The highest BCUT2D eigenvalue weighted by Crippen LogP contribution is 2.23. The van der Waals surface area contributed by atoms with Gasteiger partial charge in [0.05, 0.1) is 0 Å². The number of carbonyl (C=O) groups excluding carboxylic acids is 1. The van der Waals surface area contributed by atoms with Gasteiger partial charge in [0.25, 0.3) is 5.91 Å². The first-order valence-electron chi connectivity index (χ1n) is 5.31. The molecule has 106 valence electrons. The van der Waals surface area contributed by atoms with E-state index in [9.17, 15) is 18.0 Å². The summed E-state index contributed by atoms with van der Waals surface area (Å²) in [6.07, 6.45) is -4.82. The van der Waals surface area contributed by atoms with Crippen LogP contribution in [0.2, 0.25) is 0 Å². The van der Waals surface area contributed by atoms with Crippen LogP contribution in [0.25, 0.3) is 0 Å². The molecule has 0 aliphatic heterocycles. The Hall–Kier alpha value is -2.58. The number of amides is 1. The Morgan fingerprint density at radius 2 is 2.10 bits per heavy atom. The number of rotatable bonds is 3. The molecule has 1 amide bonds. The van der Waals surface area contributed by atoms with Crippen molar-refractivity contribution in [3.05, 3.63) is 35.7 Å². The molecule has 0 spiro atoms. The van der Waals surface area contributed by atoms with Crippen LogP contribution in [-0.4, -0.2) is 22.5 Å². The van der Waals surface area contributed by atoms with Crippen molar-refractivity contribution in [2.45, 2.75) is 13.3 Å². The van der Waals surface area contributed by atoms with Gasteiger partial charge in [-0.25, -0.2) is 0 Å². The average molecular weight is 287 g/mol. The monoisotopic (exact) mass is 287 g/mol. The molecule has 6 nitrogen and oxygen atoms in total. The van der Waals surface area contributed by atoms with Gasteiger partial charge in [0.1, 0.15) is 5.75 Å². The van der Waals surface area contributed by atoms with E-state index in [2.05, 4.69) is 20.3 Å². The Kier molecular flexibility index (Phi) is 3.59. The van der Waals surface area contributed by atoms with Gasteiger partial charge in [0.2, 0.25) is 5.89 Å². The summed E-state index contributed by atoms with van der Waals surface area (Å²) in [5.74, 6) is -0.942. The van der Waals surface area contributed by atoms with Crippen LogP contribution in [0.15, 0.2) is 28.7 Å². The quantitative estimate of drug-likeness (QED) is 0.938. The van der Waals surface area contributed by atoms with Gasteiger partial charge in [-0.05, 0) is 18.2 Å². The number of anilines is 1. The third kappa shape index (κ3) is 3.70. The predicted octanol–water partition coefficient (Wildman–Crippen LogP) is 2.53. The van der Waals surface area contributed by atoms with Crippen molar-refractivity contribution in [3.8, 4) is 5.75 Å². The zero-order chi connectivity index (χ0) is 14.8. The number of aromatic nitrogens is 2. The van der Waals surface area contributed by atoms with E-state index in [-0.39, 0.29) is 17.5 Å². The van der Waals surface area contributed by atoms with E-state index in [0.717, 1.165) is 12.1 Å². The Bertz CT molecular complexity index is 625. The van der Waals surface area contributed by atoms with E-state index in [1.807, 2.05) is 0 Å². The van der Waals surface area contributed by atoms with Crippen molar-refractivity contribution in [3.63, 3.8) is 0 Å². The van der Waals surface area contributed by atoms with E-state index in [1.54, 1.807) is 0 Å². The molecule has 2 rings (SSSR count). The first kappa shape index (κ1) is 13.8. The van der Waals surface area contributed by atoms with E-state index in [0.29, 0.717) is 0 Å². The fourth-order valence-corrected chi connectivity index (χ4v) is 1.35. The second-order valence-electron chi connectivity index (χ2n) is 3.66. The third-order valence-electron chi connectivity index (χ3n) is 2.08. The number of nitrogens with one attached hydrogen (secondary N) is 1. The van der Waals surface area contributed by atoms with Crippen LogP contribution in [0.3, 0.4) is 0 Å². The molecule has 0 bridgehead atoms. The average Bonchev–Trinajstić information content (AvgIpc) is 2.73. The zero-order valence-electron chi connectivity index (χ0n) is 10.1. The predicted molar refractivity (Wildman–Crippen MR) is 60.1 cm³/mol. The van der Waals surface area contributed by atoms with Crippen LogP contribution < -0.4 is 10.1 Å². The molecule has 0 saturated carbocycles. The number of ether oxygens (including phenoxy) is 1. The summed E-state index contributed by atoms with van der Waals surface area (Å²) in [6, 6.07) is 4.47. The zero-order valence-corrected chi connectivity index (χ0v) is 10.1. The van der Waals surface area contributed by atoms with Crippen molar-refractivity contribution >= 4 is 11.9 Å². The number of halogens is 3. The SMILES string of the molecule is Cc1nnc(NC(=O)c2cccc(OC(F)(F)F)c2)o1. The maximum atomic E-state index is 12.1. The second-order valence-corrected chi connectivity index (χ2v) is 3.66. The smallest absolute Gasteiger partial charge is 0.408 e. The van der Waals surface area contributed by atoms with Crippen molar-refractivity contribution in [2.75, 3.05) is 5.32 Å². The molecule has 0 unspecified atom stereocenters. The molecule has 0 aliphatic rings. The van der Waals surface area contributed by atoms with E-state index >= 15 is 0 Å². The third-order valence-corrected chi connectivity index (χ3v) is 2.08. The number of carbonyl (C=O) groups is 1. The van der Waals surface area contributed by atoms with Crippen LogP contribution in [-0.2, 0) is 0 Å². The molecular weight excluding hydrogens is 279 g/mol. The van der Waals surface area contributed by atoms with Crippen molar-refractivity contribution in [1.29, 1.82) is 0 Å². The number of alkyl halides is 3. The Morgan fingerprint density at radius 3 is 2.70 bits per heavy atom. The minimum Gasteiger partial charge on any atom is -0.408 e. The summed E-state index contributed by atoms with van der Waals surface area (Å²) in [5, 5.41) is 9.28. The molecule has 0 aliphatic carbocycles. The van der Waals surface area contributed by atoms with Gasteiger partial charge in [0, 0.05) is 12.5 Å². The van der Waals surface area contributed by atoms with Crippen LogP contribution in [0.5, 0.6) is 5.75 Å². The highest BCUT2D eigenvalue weighted by atomic mass is 19.4. The Labute approximate surface area is 110 Å². The van der Waals surface area contributed by atoms with Gasteiger partial charge < -0.3 is 9.15 Å². The van der Waals surface area contributed by atoms with Crippen molar-refractivity contribution < 1.29 is 27.1 Å². The summed E-state index contributed by atoms with van der Waals surface area (Å²) in [7, 11) is 0. The molecule has 1 aromatic heterocycles. The first-order valence-corrected chi connectivity index (χ1v) is 5.31. The van der Waals surface area contributed by atoms with E-state index < -0.39 is 18.0 Å². The lowest BCUT2D eigenvalue weighted by Gasteiger charge is -2.09. The summed E-state index contributed by atoms with van der Waals surface area (Å²) < 4.78 is 44.8.